The molecule has 0 bridgehead atoms. The van der Waals surface area contributed by atoms with Crippen molar-refractivity contribution in [3.05, 3.63) is 34.9 Å². The van der Waals surface area contributed by atoms with E-state index in [4.69, 9.17) is 0 Å². The van der Waals surface area contributed by atoms with Gasteiger partial charge in [0.05, 0.1) is 5.56 Å². The Morgan fingerprint density at radius 1 is 1.00 bits per heavy atom. The summed E-state index contributed by atoms with van der Waals surface area (Å²) < 4.78 is 37.6. The summed E-state index contributed by atoms with van der Waals surface area (Å²) in [7, 11) is 2.55. The van der Waals surface area contributed by atoms with Crippen LogP contribution in [-0.2, 0) is 11.3 Å². The lowest BCUT2D eigenvalue weighted by atomic mass is 9.97. The van der Waals surface area contributed by atoms with Crippen molar-refractivity contribution >= 4 is 9.24 Å². The van der Waals surface area contributed by atoms with Crippen LogP contribution < -0.4 is 0 Å². The fourth-order valence-electron chi connectivity index (χ4n) is 1.32. The Balaban J connectivity index is 3.30. The third-order valence-corrected chi connectivity index (χ3v) is 2.48. The zero-order valence-corrected chi connectivity index (χ0v) is 10.1. The van der Waals surface area contributed by atoms with Gasteiger partial charge in [-0.1, -0.05) is 25.5 Å². The van der Waals surface area contributed by atoms with Crippen LogP contribution in [0.2, 0.25) is 0 Å². The van der Waals surface area contributed by atoms with Crippen LogP contribution in [0.5, 0.6) is 0 Å². The predicted octanol–water partition coefficient (Wildman–Crippen LogP) is 4.12. The summed E-state index contributed by atoms with van der Waals surface area (Å²) >= 11 is 0. The quantitative estimate of drug-likeness (QED) is 0.641. The van der Waals surface area contributed by atoms with Gasteiger partial charge in [-0.3, -0.25) is 0 Å². The molecule has 1 unspecified atom stereocenters. The van der Waals surface area contributed by atoms with Crippen molar-refractivity contribution in [2.75, 3.05) is 0 Å². The zero-order valence-electron chi connectivity index (χ0n) is 8.94. The standard InChI is InChI=1S/C11H14F3P/c1-7-4-8(10(2,3)15)6-9(5-7)11(12,13)14/h4-6H,15H2,1-3H3. The van der Waals surface area contributed by atoms with Crippen molar-refractivity contribution in [2.45, 2.75) is 32.1 Å². The number of alkyl halides is 3. The number of rotatable bonds is 1. The molecule has 0 fully saturated rings. The lowest BCUT2D eigenvalue weighted by Crippen LogP contribution is -2.11. The molecule has 0 aliphatic heterocycles. The maximum Gasteiger partial charge on any atom is 0.416 e. The summed E-state index contributed by atoms with van der Waals surface area (Å²) in [5.41, 5.74) is 0.739. The summed E-state index contributed by atoms with van der Waals surface area (Å²) in [5, 5.41) is -0.341. The fraction of sp³-hybridized carbons (Fsp3) is 0.455. The van der Waals surface area contributed by atoms with Gasteiger partial charge in [-0.25, -0.2) is 0 Å². The molecule has 84 valence electrons. The molecule has 0 amide bonds. The summed E-state index contributed by atoms with van der Waals surface area (Å²) in [4.78, 5) is 0. The number of hydrogen-bond acceptors (Lipinski definition) is 0. The van der Waals surface area contributed by atoms with E-state index >= 15 is 0 Å². The molecule has 0 aliphatic rings. The van der Waals surface area contributed by atoms with Crippen LogP contribution in [0.3, 0.4) is 0 Å². The highest BCUT2D eigenvalue weighted by molar-refractivity contribution is 7.18. The minimum Gasteiger partial charge on any atom is -0.166 e. The summed E-state index contributed by atoms with van der Waals surface area (Å²) in [6, 6.07) is 4.15. The van der Waals surface area contributed by atoms with Gasteiger partial charge >= 0.3 is 6.18 Å². The Kier molecular flexibility index (Phi) is 3.16. The second kappa shape index (κ2) is 3.79. The summed E-state index contributed by atoms with van der Waals surface area (Å²) in [6.07, 6.45) is -4.27. The number of halogens is 3. The largest absolute Gasteiger partial charge is 0.416 e. The molecule has 0 spiro atoms. The molecule has 1 atom stereocenters. The van der Waals surface area contributed by atoms with Gasteiger partial charge in [-0.15, -0.1) is 9.24 Å². The van der Waals surface area contributed by atoms with E-state index in [9.17, 15) is 13.2 Å². The fourth-order valence-corrected chi connectivity index (χ4v) is 1.49. The second-order valence-electron chi connectivity index (χ2n) is 4.31. The molecular weight excluding hydrogens is 220 g/mol. The summed E-state index contributed by atoms with van der Waals surface area (Å²) in [5.74, 6) is 0. The van der Waals surface area contributed by atoms with Crippen molar-refractivity contribution < 1.29 is 13.2 Å². The van der Waals surface area contributed by atoms with E-state index in [0.29, 0.717) is 11.1 Å². The number of hydrogen-bond donors (Lipinski definition) is 0. The third-order valence-electron chi connectivity index (χ3n) is 2.15. The zero-order chi connectivity index (χ0) is 11.9. The van der Waals surface area contributed by atoms with Gasteiger partial charge in [0.2, 0.25) is 0 Å². The van der Waals surface area contributed by atoms with Crippen LogP contribution in [0.4, 0.5) is 13.2 Å². The van der Waals surface area contributed by atoms with Crippen molar-refractivity contribution in [1.29, 1.82) is 0 Å². The van der Waals surface area contributed by atoms with Crippen LogP contribution in [0.15, 0.2) is 18.2 Å². The molecule has 0 radical (unpaired) electrons. The Morgan fingerprint density at radius 3 is 1.87 bits per heavy atom. The Labute approximate surface area is 90.1 Å². The normalized spacial score (nSPS) is 13.0. The maximum atomic E-state index is 12.5. The molecule has 0 aromatic heterocycles. The van der Waals surface area contributed by atoms with Crippen molar-refractivity contribution in [2.24, 2.45) is 0 Å². The lowest BCUT2D eigenvalue weighted by Gasteiger charge is -2.21. The van der Waals surface area contributed by atoms with E-state index in [1.807, 2.05) is 13.8 Å². The average Bonchev–Trinajstić information content (AvgIpc) is 1.99. The lowest BCUT2D eigenvalue weighted by molar-refractivity contribution is -0.137. The molecule has 1 aromatic carbocycles. The van der Waals surface area contributed by atoms with Gasteiger partial charge in [0.25, 0.3) is 0 Å². The first-order chi connectivity index (χ1) is 6.60. The highest BCUT2D eigenvalue weighted by atomic mass is 31.0. The second-order valence-corrected chi connectivity index (χ2v) is 5.75. The number of aryl methyl sites for hydroxylation is 1. The SMILES string of the molecule is Cc1cc(C(F)(F)F)cc(C(C)(C)P)c1. The highest BCUT2D eigenvalue weighted by Gasteiger charge is 2.31. The van der Waals surface area contributed by atoms with Gasteiger partial charge in [0, 0.05) is 5.16 Å². The first-order valence-corrected chi connectivity index (χ1v) is 5.17. The van der Waals surface area contributed by atoms with Crippen molar-refractivity contribution in [3.63, 3.8) is 0 Å². The maximum absolute atomic E-state index is 12.5. The molecule has 4 heteroatoms. The van der Waals surface area contributed by atoms with E-state index in [2.05, 4.69) is 9.24 Å². The van der Waals surface area contributed by atoms with Gasteiger partial charge in [-0.05, 0) is 24.6 Å². The minimum atomic E-state index is -4.27. The molecule has 0 heterocycles. The first-order valence-electron chi connectivity index (χ1n) is 4.59. The van der Waals surface area contributed by atoms with Crippen LogP contribution in [0.25, 0.3) is 0 Å². The van der Waals surface area contributed by atoms with E-state index in [0.717, 1.165) is 0 Å². The van der Waals surface area contributed by atoms with E-state index < -0.39 is 11.7 Å². The molecular formula is C11H14F3P. The van der Waals surface area contributed by atoms with Gasteiger partial charge in [-0.2, -0.15) is 13.2 Å². The highest BCUT2D eigenvalue weighted by Crippen LogP contribution is 2.36. The van der Waals surface area contributed by atoms with Crippen molar-refractivity contribution in [1.82, 2.24) is 0 Å². The van der Waals surface area contributed by atoms with Crippen LogP contribution in [-0.4, -0.2) is 0 Å². The minimum absolute atomic E-state index is 0.341. The Hall–Kier alpha value is -0.560. The smallest absolute Gasteiger partial charge is 0.166 e. The van der Waals surface area contributed by atoms with Crippen LogP contribution in [0, 0.1) is 6.92 Å². The molecule has 0 saturated heterocycles. The first kappa shape index (κ1) is 12.5. The monoisotopic (exact) mass is 234 g/mol. The topological polar surface area (TPSA) is 0 Å². The van der Waals surface area contributed by atoms with Gasteiger partial charge < -0.3 is 0 Å². The summed E-state index contributed by atoms with van der Waals surface area (Å²) in [6.45, 7) is 5.41. The molecule has 0 aliphatic carbocycles. The Bertz CT molecular complexity index is 329. The molecule has 15 heavy (non-hydrogen) atoms. The average molecular weight is 234 g/mol. The van der Waals surface area contributed by atoms with E-state index in [1.165, 1.54) is 12.1 Å². The van der Waals surface area contributed by atoms with Gasteiger partial charge in [0.15, 0.2) is 0 Å². The third kappa shape index (κ3) is 3.20. The van der Waals surface area contributed by atoms with E-state index in [-0.39, 0.29) is 5.16 Å². The molecule has 0 N–H and O–H groups in total. The van der Waals surface area contributed by atoms with Crippen LogP contribution in [0.1, 0.15) is 30.5 Å². The molecule has 1 rings (SSSR count). The predicted molar refractivity (Wildman–Crippen MR) is 58.9 cm³/mol. The van der Waals surface area contributed by atoms with Crippen LogP contribution >= 0.6 is 9.24 Å². The van der Waals surface area contributed by atoms with E-state index in [1.54, 1.807) is 13.0 Å². The van der Waals surface area contributed by atoms with Crippen molar-refractivity contribution in [3.8, 4) is 0 Å². The molecule has 0 saturated carbocycles. The molecule has 1 aromatic rings. The van der Waals surface area contributed by atoms with Gasteiger partial charge in [0.1, 0.15) is 0 Å². The number of benzene rings is 1. The Morgan fingerprint density at radius 2 is 1.47 bits per heavy atom. The molecule has 0 nitrogen and oxygen atoms in total.